The standard InChI is InChI=1S/C27H27FN4O2/c1-16-7-12-20-22(13-16)25(21-5-3-4-6-23(21)28)29-14-18-15-30-27(2,32-24(18)20)31-19-10-8-17(9-11-19)26(33)34/h3-8,10-13,15,17,26,31-34H,9,14H2,1-2H3. The highest BCUT2D eigenvalue weighted by atomic mass is 19.1. The average Bonchev–Trinajstić information content (AvgIpc) is 2.96. The van der Waals surface area contributed by atoms with Gasteiger partial charge in [0.1, 0.15) is 5.82 Å². The Morgan fingerprint density at radius 3 is 2.71 bits per heavy atom. The molecule has 0 amide bonds. The number of aliphatic imine (C=N–C) groups is 2. The van der Waals surface area contributed by atoms with Crippen molar-refractivity contribution in [2.24, 2.45) is 15.9 Å². The number of rotatable bonds is 4. The van der Waals surface area contributed by atoms with Crippen LogP contribution in [0, 0.1) is 18.7 Å². The average molecular weight is 459 g/mol. The normalized spacial score (nSPS) is 23.5. The van der Waals surface area contributed by atoms with Crippen LogP contribution in [-0.4, -0.2) is 40.8 Å². The van der Waals surface area contributed by atoms with Gasteiger partial charge in [-0.2, -0.15) is 0 Å². The van der Waals surface area contributed by atoms with Gasteiger partial charge in [-0.3, -0.25) is 4.99 Å². The van der Waals surface area contributed by atoms with Crippen molar-refractivity contribution in [1.29, 1.82) is 0 Å². The Hall–Kier alpha value is -3.55. The number of fused-ring (bicyclic) bond motifs is 2. The second-order valence-corrected chi connectivity index (χ2v) is 9.01. The molecule has 0 radical (unpaired) electrons. The first-order valence-corrected chi connectivity index (χ1v) is 11.3. The van der Waals surface area contributed by atoms with E-state index in [2.05, 4.69) is 10.6 Å². The lowest BCUT2D eigenvalue weighted by atomic mass is 9.93. The smallest absolute Gasteiger partial charge is 0.202 e. The fraction of sp³-hybridized carbons (Fsp3) is 0.259. The monoisotopic (exact) mass is 458 g/mol. The molecule has 7 heteroatoms. The van der Waals surface area contributed by atoms with Crippen LogP contribution in [0.5, 0.6) is 0 Å². The zero-order valence-corrected chi connectivity index (χ0v) is 19.1. The van der Waals surface area contributed by atoms with E-state index < -0.39 is 12.1 Å². The van der Waals surface area contributed by atoms with Gasteiger partial charge >= 0.3 is 0 Å². The zero-order valence-electron chi connectivity index (χ0n) is 19.1. The maximum Gasteiger partial charge on any atom is 0.202 e. The highest BCUT2D eigenvalue weighted by molar-refractivity contribution is 6.17. The van der Waals surface area contributed by atoms with Crippen LogP contribution in [0.3, 0.4) is 0 Å². The molecule has 2 unspecified atom stereocenters. The van der Waals surface area contributed by atoms with Crippen molar-refractivity contribution in [2.45, 2.75) is 32.3 Å². The maximum absolute atomic E-state index is 14.7. The van der Waals surface area contributed by atoms with Crippen molar-refractivity contribution in [1.82, 2.24) is 10.6 Å². The molecule has 2 atom stereocenters. The predicted molar refractivity (Wildman–Crippen MR) is 132 cm³/mol. The number of aryl methyl sites for hydroxylation is 1. The van der Waals surface area contributed by atoms with Gasteiger partial charge in [-0.15, -0.1) is 0 Å². The molecule has 4 N–H and O–H groups in total. The van der Waals surface area contributed by atoms with Crippen LogP contribution in [0.1, 0.15) is 35.6 Å². The second kappa shape index (κ2) is 8.66. The third kappa shape index (κ3) is 4.20. The zero-order chi connectivity index (χ0) is 23.9. The third-order valence-corrected chi connectivity index (χ3v) is 6.31. The van der Waals surface area contributed by atoms with Crippen LogP contribution in [0.4, 0.5) is 4.39 Å². The summed E-state index contributed by atoms with van der Waals surface area (Å²) in [5.41, 5.74) is 6.65. The second-order valence-electron chi connectivity index (χ2n) is 9.01. The minimum absolute atomic E-state index is 0.302. The quantitative estimate of drug-likeness (QED) is 0.529. The summed E-state index contributed by atoms with van der Waals surface area (Å²) >= 11 is 0. The molecule has 0 saturated carbocycles. The lowest BCUT2D eigenvalue weighted by molar-refractivity contribution is -0.0694. The van der Waals surface area contributed by atoms with E-state index >= 15 is 0 Å². The Bertz CT molecular complexity index is 1290. The van der Waals surface area contributed by atoms with Crippen LogP contribution in [0.15, 0.2) is 81.9 Å². The lowest BCUT2D eigenvalue weighted by Gasteiger charge is -2.36. The molecule has 0 fully saturated rings. The molecule has 2 heterocycles. The summed E-state index contributed by atoms with van der Waals surface area (Å²) in [6, 6.07) is 12.8. The van der Waals surface area contributed by atoms with Gasteiger partial charge in [-0.05, 0) is 44.5 Å². The summed E-state index contributed by atoms with van der Waals surface area (Å²) in [4.78, 5) is 9.53. The van der Waals surface area contributed by atoms with Gasteiger partial charge in [0, 0.05) is 40.1 Å². The Kier molecular flexibility index (Phi) is 5.67. The van der Waals surface area contributed by atoms with Crippen molar-refractivity contribution in [2.75, 3.05) is 6.54 Å². The van der Waals surface area contributed by atoms with E-state index in [9.17, 15) is 14.6 Å². The Morgan fingerprint density at radius 2 is 1.97 bits per heavy atom. The van der Waals surface area contributed by atoms with Gasteiger partial charge in [0.2, 0.25) is 5.79 Å². The maximum atomic E-state index is 14.7. The van der Waals surface area contributed by atoms with Crippen molar-refractivity contribution in [3.05, 3.63) is 100 Å². The fourth-order valence-corrected chi connectivity index (χ4v) is 4.49. The SMILES string of the molecule is Cc1ccc2c(c1)C(c1ccccc1F)=NCC1=C2NC(C)(NC2=CCC(C(O)O)C=C2)N=C1. The largest absolute Gasteiger partial charge is 0.368 e. The molecule has 0 bridgehead atoms. The van der Waals surface area contributed by atoms with E-state index in [1.54, 1.807) is 18.2 Å². The van der Waals surface area contributed by atoms with Crippen molar-refractivity contribution < 1.29 is 14.6 Å². The molecule has 3 aliphatic rings. The van der Waals surface area contributed by atoms with Gasteiger partial charge in [0.15, 0.2) is 6.29 Å². The minimum atomic E-state index is -1.38. The topological polar surface area (TPSA) is 89.2 Å². The summed E-state index contributed by atoms with van der Waals surface area (Å²) < 4.78 is 14.7. The number of benzene rings is 2. The van der Waals surface area contributed by atoms with E-state index in [4.69, 9.17) is 9.98 Å². The number of nitrogens with zero attached hydrogens (tertiary/aromatic N) is 2. The Morgan fingerprint density at radius 1 is 1.15 bits per heavy atom. The molecule has 174 valence electrons. The van der Waals surface area contributed by atoms with Gasteiger partial charge in [-0.25, -0.2) is 9.38 Å². The highest BCUT2D eigenvalue weighted by Gasteiger charge is 2.32. The molecule has 2 aliphatic heterocycles. The molecule has 5 rings (SSSR count). The number of nitrogens with one attached hydrogen (secondary N) is 2. The molecular weight excluding hydrogens is 431 g/mol. The van der Waals surface area contributed by atoms with Crippen molar-refractivity contribution in [3.8, 4) is 0 Å². The van der Waals surface area contributed by atoms with Gasteiger partial charge in [0.05, 0.1) is 18.0 Å². The number of aliphatic hydroxyl groups excluding tert-OH is 1. The van der Waals surface area contributed by atoms with Crippen LogP contribution in [0.2, 0.25) is 0 Å². The van der Waals surface area contributed by atoms with E-state index in [-0.39, 0.29) is 11.7 Å². The molecular formula is C27H27FN4O2. The Balaban J connectivity index is 1.48. The highest BCUT2D eigenvalue weighted by Crippen LogP contribution is 2.32. The summed E-state index contributed by atoms with van der Waals surface area (Å²) in [5.74, 6) is -1.45. The van der Waals surface area contributed by atoms with E-state index in [1.165, 1.54) is 6.07 Å². The number of halogens is 1. The van der Waals surface area contributed by atoms with Gasteiger partial charge in [-0.1, -0.05) is 42.0 Å². The third-order valence-electron chi connectivity index (χ3n) is 6.31. The fourth-order valence-electron chi connectivity index (χ4n) is 4.49. The summed E-state index contributed by atoms with van der Waals surface area (Å²) in [6.07, 6.45) is 6.52. The molecule has 2 aromatic carbocycles. The molecule has 1 aliphatic carbocycles. The van der Waals surface area contributed by atoms with E-state index in [0.717, 1.165) is 33.7 Å². The first-order valence-electron chi connectivity index (χ1n) is 11.3. The number of aliphatic hydroxyl groups is 2. The number of hydrogen-bond acceptors (Lipinski definition) is 6. The van der Waals surface area contributed by atoms with Crippen LogP contribution >= 0.6 is 0 Å². The van der Waals surface area contributed by atoms with Crippen LogP contribution in [-0.2, 0) is 0 Å². The lowest BCUT2D eigenvalue weighted by Crippen LogP contribution is -2.53. The minimum Gasteiger partial charge on any atom is -0.368 e. The van der Waals surface area contributed by atoms with Gasteiger partial charge in [0.25, 0.3) is 0 Å². The molecule has 2 aromatic rings. The molecule has 0 saturated heterocycles. The van der Waals surface area contributed by atoms with Crippen molar-refractivity contribution in [3.63, 3.8) is 0 Å². The van der Waals surface area contributed by atoms with Gasteiger partial charge < -0.3 is 20.8 Å². The summed E-state index contributed by atoms with van der Waals surface area (Å²) in [6.45, 7) is 4.32. The Labute approximate surface area is 198 Å². The molecule has 0 spiro atoms. The first kappa shape index (κ1) is 22.3. The number of allylic oxidation sites excluding steroid dienone is 2. The predicted octanol–water partition coefficient (Wildman–Crippen LogP) is 3.40. The summed E-state index contributed by atoms with van der Waals surface area (Å²) in [7, 11) is 0. The van der Waals surface area contributed by atoms with E-state index in [0.29, 0.717) is 24.2 Å². The molecule has 34 heavy (non-hydrogen) atoms. The number of hydrogen-bond donors (Lipinski definition) is 4. The van der Waals surface area contributed by atoms with Crippen LogP contribution in [0.25, 0.3) is 5.70 Å². The molecule has 0 aromatic heterocycles. The first-order chi connectivity index (χ1) is 16.3. The molecule has 6 nitrogen and oxygen atoms in total. The van der Waals surface area contributed by atoms with E-state index in [1.807, 2.05) is 56.5 Å². The van der Waals surface area contributed by atoms with Crippen molar-refractivity contribution >= 4 is 17.6 Å². The summed E-state index contributed by atoms with van der Waals surface area (Å²) in [5, 5.41) is 25.8. The van der Waals surface area contributed by atoms with Crippen LogP contribution < -0.4 is 10.6 Å².